The Kier molecular flexibility index (Phi) is 3.47. The minimum atomic E-state index is 0.411. The van der Waals surface area contributed by atoms with Crippen LogP contribution in [0.25, 0.3) is 0 Å². The van der Waals surface area contributed by atoms with Gasteiger partial charge in [-0.2, -0.15) is 0 Å². The number of likely N-dealkylation sites (tertiary alicyclic amines) is 1. The third-order valence-electron chi connectivity index (χ3n) is 3.82. The van der Waals surface area contributed by atoms with Crippen molar-refractivity contribution >= 4 is 5.82 Å². The molecule has 1 aliphatic rings. The lowest BCUT2D eigenvalue weighted by molar-refractivity contribution is 0.249. The number of anilines is 1. The van der Waals surface area contributed by atoms with Crippen molar-refractivity contribution in [3.05, 3.63) is 59.8 Å². The number of pyridine rings is 1. The van der Waals surface area contributed by atoms with E-state index in [0.29, 0.717) is 11.9 Å². The Morgan fingerprint density at radius 2 is 2.00 bits per heavy atom. The molecule has 1 atom stereocenters. The third kappa shape index (κ3) is 2.61. The molecule has 0 aliphatic carbocycles. The fourth-order valence-electron chi connectivity index (χ4n) is 2.90. The van der Waals surface area contributed by atoms with Crippen LogP contribution >= 0.6 is 0 Å². The monoisotopic (exact) mass is 253 g/mol. The quantitative estimate of drug-likeness (QED) is 0.914. The van der Waals surface area contributed by atoms with Crippen LogP contribution in [0.5, 0.6) is 0 Å². The molecule has 0 radical (unpaired) electrons. The topological polar surface area (TPSA) is 42.1 Å². The highest BCUT2D eigenvalue weighted by atomic mass is 15.2. The Morgan fingerprint density at radius 3 is 2.79 bits per heavy atom. The van der Waals surface area contributed by atoms with E-state index in [1.807, 2.05) is 6.07 Å². The first-order valence-electron chi connectivity index (χ1n) is 6.83. The van der Waals surface area contributed by atoms with Crippen LogP contribution in [-0.4, -0.2) is 16.4 Å². The van der Waals surface area contributed by atoms with Gasteiger partial charge in [0.1, 0.15) is 5.82 Å². The van der Waals surface area contributed by atoms with Crippen LogP contribution in [0.2, 0.25) is 0 Å². The molecular weight excluding hydrogens is 234 g/mol. The molecule has 0 unspecified atom stereocenters. The zero-order valence-electron chi connectivity index (χ0n) is 11.0. The van der Waals surface area contributed by atoms with Crippen molar-refractivity contribution in [1.82, 2.24) is 9.88 Å². The minimum absolute atomic E-state index is 0.411. The molecule has 0 saturated carbocycles. The maximum absolute atomic E-state index is 6.02. The Hall–Kier alpha value is -1.87. The molecule has 1 aromatic heterocycles. The summed E-state index contributed by atoms with van der Waals surface area (Å²) in [6, 6.07) is 15.1. The number of nitrogens with two attached hydrogens (primary N) is 1. The molecule has 2 N–H and O–H groups in total. The van der Waals surface area contributed by atoms with Gasteiger partial charge in [0.05, 0.1) is 0 Å². The van der Waals surface area contributed by atoms with Gasteiger partial charge in [-0.15, -0.1) is 0 Å². The third-order valence-corrected chi connectivity index (χ3v) is 3.82. The molecule has 3 heteroatoms. The van der Waals surface area contributed by atoms with Crippen LogP contribution < -0.4 is 5.73 Å². The van der Waals surface area contributed by atoms with Crippen molar-refractivity contribution in [2.45, 2.75) is 25.4 Å². The maximum atomic E-state index is 6.02. The number of nitrogen functional groups attached to an aromatic ring is 1. The maximum Gasteiger partial charge on any atom is 0.128 e. The van der Waals surface area contributed by atoms with Gasteiger partial charge in [-0.05, 0) is 31.0 Å². The Morgan fingerprint density at radius 1 is 1.16 bits per heavy atom. The fraction of sp³-hybridized carbons (Fsp3) is 0.312. The summed E-state index contributed by atoms with van der Waals surface area (Å²) < 4.78 is 0. The summed E-state index contributed by atoms with van der Waals surface area (Å²) in [5, 5.41) is 0. The molecular formula is C16H19N3. The van der Waals surface area contributed by atoms with Gasteiger partial charge in [0.25, 0.3) is 0 Å². The van der Waals surface area contributed by atoms with Crippen molar-refractivity contribution in [2.24, 2.45) is 0 Å². The molecule has 2 aromatic rings. The Labute approximate surface area is 114 Å². The lowest BCUT2D eigenvalue weighted by atomic mass is 10.1. The molecule has 98 valence electrons. The second-order valence-electron chi connectivity index (χ2n) is 5.09. The zero-order valence-corrected chi connectivity index (χ0v) is 11.0. The van der Waals surface area contributed by atoms with Gasteiger partial charge in [0, 0.05) is 24.3 Å². The molecule has 3 nitrogen and oxygen atoms in total. The van der Waals surface area contributed by atoms with Gasteiger partial charge >= 0.3 is 0 Å². The summed E-state index contributed by atoms with van der Waals surface area (Å²) in [7, 11) is 0. The zero-order chi connectivity index (χ0) is 13.1. The van der Waals surface area contributed by atoms with Gasteiger partial charge in [0.15, 0.2) is 0 Å². The first-order chi connectivity index (χ1) is 9.34. The summed E-state index contributed by atoms with van der Waals surface area (Å²) in [6.07, 6.45) is 4.16. The molecule has 1 aliphatic heterocycles. The van der Waals surface area contributed by atoms with E-state index in [0.717, 1.165) is 13.1 Å². The lowest BCUT2D eigenvalue weighted by Gasteiger charge is -2.25. The van der Waals surface area contributed by atoms with Gasteiger partial charge in [-0.3, -0.25) is 4.90 Å². The highest BCUT2D eigenvalue weighted by Gasteiger charge is 2.27. The molecule has 0 spiro atoms. The standard InChI is InChI=1S/C16H19N3/c17-16-14(8-4-10-18-16)15-9-5-11-19(15)12-13-6-2-1-3-7-13/h1-4,6-8,10,15H,5,9,11-12H2,(H2,17,18)/t15-/m1/s1. The van der Waals surface area contributed by atoms with E-state index in [2.05, 4.69) is 46.3 Å². The van der Waals surface area contributed by atoms with E-state index in [9.17, 15) is 0 Å². The first-order valence-corrected chi connectivity index (χ1v) is 6.83. The SMILES string of the molecule is Nc1ncccc1[C@H]1CCCN1Cc1ccccc1. The van der Waals surface area contributed by atoms with E-state index in [1.165, 1.54) is 24.0 Å². The average Bonchev–Trinajstić information content (AvgIpc) is 2.88. The predicted molar refractivity (Wildman–Crippen MR) is 77.5 cm³/mol. The van der Waals surface area contributed by atoms with Crippen LogP contribution in [0.4, 0.5) is 5.82 Å². The average molecular weight is 253 g/mol. The minimum Gasteiger partial charge on any atom is -0.383 e. The Balaban J connectivity index is 1.81. The van der Waals surface area contributed by atoms with Crippen LogP contribution in [0.1, 0.15) is 30.0 Å². The summed E-state index contributed by atoms with van der Waals surface area (Å²) in [6.45, 7) is 2.12. The molecule has 1 fully saturated rings. The predicted octanol–water partition coefficient (Wildman–Crippen LogP) is 3.00. The van der Waals surface area contributed by atoms with Crippen molar-refractivity contribution in [1.29, 1.82) is 0 Å². The number of rotatable bonds is 3. The van der Waals surface area contributed by atoms with Crippen molar-refractivity contribution in [3.63, 3.8) is 0 Å². The highest BCUT2D eigenvalue weighted by Crippen LogP contribution is 2.34. The molecule has 1 saturated heterocycles. The summed E-state index contributed by atoms with van der Waals surface area (Å²) in [4.78, 5) is 6.72. The number of hydrogen-bond donors (Lipinski definition) is 1. The summed E-state index contributed by atoms with van der Waals surface area (Å²) in [5.74, 6) is 0.674. The number of aromatic nitrogens is 1. The molecule has 0 bridgehead atoms. The Bertz CT molecular complexity index is 539. The number of nitrogens with zero attached hydrogens (tertiary/aromatic N) is 2. The summed E-state index contributed by atoms with van der Waals surface area (Å²) >= 11 is 0. The van der Waals surface area contributed by atoms with Gasteiger partial charge < -0.3 is 5.73 Å². The molecule has 3 rings (SSSR count). The van der Waals surface area contributed by atoms with E-state index in [4.69, 9.17) is 5.73 Å². The second kappa shape index (κ2) is 5.41. The van der Waals surface area contributed by atoms with Crippen molar-refractivity contribution < 1.29 is 0 Å². The number of hydrogen-bond acceptors (Lipinski definition) is 3. The van der Waals surface area contributed by atoms with Gasteiger partial charge in [-0.25, -0.2) is 4.98 Å². The first kappa shape index (κ1) is 12.2. The molecule has 1 aromatic carbocycles. The van der Waals surface area contributed by atoms with Gasteiger partial charge in [-0.1, -0.05) is 36.4 Å². The fourth-order valence-corrected chi connectivity index (χ4v) is 2.90. The number of benzene rings is 1. The molecule has 2 heterocycles. The van der Waals surface area contributed by atoms with E-state index in [-0.39, 0.29) is 0 Å². The lowest BCUT2D eigenvalue weighted by Crippen LogP contribution is -2.23. The van der Waals surface area contributed by atoms with E-state index >= 15 is 0 Å². The highest BCUT2D eigenvalue weighted by molar-refractivity contribution is 5.41. The van der Waals surface area contributed by atoms with Crippen molar-refractivity contribution in [3.8, 4) is 0 Å². The van der Waals surface area contributed by atoms with Crippen LogP contribution in [-0.2, 0) is 6.54 Å². The van der Waals surface area contributed by atoms with E-state index < -0.39 is 0 Å². The van der Waals surface area contributed by atoms with Crippen LogP contribution in [0.15, 0.2) is 48.7 Å². The summed E-state index contributed by atoms with van der Waals surface area (Å²) in [5.41, 5.74) is 8.55. The normalized spacial score (nSPS) is 19.7. The second-order valence-corrected chi connectivity index (χ2v) is 5.09. The smallest absolute Gasteiger partial charge is 0.128 e. The molecule has 0 amide bonds. The molecule has 19 heavy (non-hydrogen) atoms. The van der Waals surface area contributed by atoms with Gasteiger partial charge in [0.2, 0.25) is 0 Å². The van der Waals surface area contributed by atoms with E-state index in [1.54, 1.807) is 6.20 Å². The largest absolute Gasteiger partial charge is 0.383 e. The van der Waals surface area contributed by atoms with Crippen LogP contribution in [0.3, 0.4) is 0 Å². The van der Waals surface area contributed by atoms with Crippen molar-refractivity contribution in [2.75, 3.05) is 12.3 Å². The van der Waals surface area contributed by atoms with Crippen LogP contribution in [0, 0.1) is 0 Å².